The lowest BCUT2D eigenvalue weighted by Gasteiger charge is -2.19. The van der Waals surface area contributed by atoms with Crippen LogP contribution in [0.25, 0.3) is 0 Å². The molecule has 102 valence electrons. The van der Waals surface area contributed by atoms with Gasteiger partial charge in [0.15, 0.2) is 0 Å². The molecule has 19 heavy (non-hydrogen) atoms. The zero-order valence-electron chi connectivity index (χ0n) is 11.1. The highest BCUT2D eigenvalue weighted by Crippen LogP contribution is 2.24. The Morgan fingerprint density at radius 3 is 2.58 bits per heavy atom. The first-order valence-corrected chi connectivity index (χ1v) is 6.92. The highest BCUT2D eigenvalue weighted by Gasteiger charge is 2.16. The van der Waals surface area contributed by atoms with Crippen LogP contribution in [-0.2, 0) is 0 Å². The Morgan fingerprint density at radius 2 is 1.95 bits per heavy atom. The molecule has 0 saturated carbocycles. The van der Waals surface area contributed by atoms with Gasteiger partial charge in [0, 0.05) is 22.7 Å². The van der Waals surface area contributed by atoms with Crippen LogP contribution in [0.2, 0.25) is 0 Å². The van der Waals surface area contributed by atoms with Crippen molar-refractivity contribution in [2.75, 3.05) is 0 Å². The topological polar surface area (TPSA) is 24.9 Å². The normalized spacial score (nSPS) is 14.4. The minimum atomic E-state index is -0.428. The van der Waals surface area contributed by atoms with Gasteiger partial charge in [-0.2, -0.15) is 0 Å². The van der Waals surface area contributed by atoms with E-state index in [1.807, 2.05) is 27.0 Å². The van der Waals surface area contributed by atoms with Crippen LogP contribution in [-0.4, -0.2) is 4.98 Å². The molecule has 1 aromatic carbocycles. The van der Waals surface area contributed by atoms with Crippen LogP contribution in [0.15, 0.2) is 24.4 Å². The number of benzene rings is 1. The monoisotopic (exact) mass is 282 g/mol. The lowest BCUT2D eigenvalue weighted by molar-refractivity contribution is 0.468. The Kier molecular flexibility index (Phi) is 4.27. The smallest absolute Gasteiger partial charge is 0.128 e. The van der Waals surface area contributed by atoms with Gasteiger partial charge in [-0.25, -0.2) is 13.8 Å². The number of nitrogens with zero attached hydrogens (tertiary/aromatic N) is 1. The molecule has 0 fully saturated rings. The van der Waals surface area contributed by atoms with E-state index in [2.05, 4.69) is 10.3 Å². The zero-order valence-corrected chi connectivity index (χ0v) is 11.9. The maximum Gasteiger partial charge on any atom is 0.128 e. The highest BCUT2D eigenvalue weighted by molar-refractivity contribution is 7.11. The molecular formula is C14H16F2N2S. The van der Waals surface area contributed by atoms with Crippen molar-refractivity contribution in [3.63, 3.8) is 0 Å². The van der Waals surface area contributed by atoms with Gasteiger partial charge in [-0.1, -0.05) is 0 Å². The molecule has 0 bridgehead atoms. The summed E-state index contributed by atoms with van der Waals surface area (Å²) in [5, 5.41) is 4.18. The van der Waals surface area contributed by atoms with E-state index in [1.54, 1.807) is 11.3 Å². The third-order valence-corrected chi connectivity index (χ3v) is 4.03. The fourth-order valence-electron chi connectivity index (χ4n) is 1.95. The van der Waals surface area contributed by atoms with Crippen molar-refractivity contribution in [3.8, 4) is 0 Å². The summed E-state index contributed by atoms with van der Waals surface area (Å²) < 4.78 is 26.8. The number of aromatic nitrogens is 1. The predicted octanol–water partition coefficient (Wildman–Crippen LogP) is 4.14. The largest absolute Gasteiger partial charge is 0.301 e. The summed E-state index contributed by atoms with van der Waals surface area (Å²) in [4.78, 5) is 5.42. The molecule has 0 aliphatic rings. The standard InChI is InChI=1S/C14H16F2N2S/c1-8-7-17-14(19-8)10(3)18-9(2)12-6-11(15)4-5-13(12)16/h4-7,9-10,18H,1-3H3. The first-order valence-electron chi connectivity index (χ1n) is 6.10. The first kappa shape index (κ1) is 14.1. The summed E-state index contributed by atoms with van der Waals surface area (Å²) in [6.45, 7) is 5.77. The second-order valence-electron chi connectivity index (χ2n) is 4.59. The van der Waals surface area contributed by atoms with Gasteiger partial charge in [0.1, 0.15) is 16.6 Å². The Hall–Kier alpha value is -1.33. The molecule has 1 aromatic heterocycles. The molecule has 2 atom stereocenters. The molecule has 2 nitrogen and oxygen atoms in total. The van der Waals surface area contributed by atoms with E-state index in [0.29, 0.717) is 5.56 Å². The number of aryl methyl sites for hydroxylation is 1. The van der Waals surface area contributed by atoms with Crippen LogP contribution < -0.4 is 5.32 Å². The maximum atomic E-state index is 13.7. The van der Waals surface area contributed by atoms with Gasteiger partial charge in [0.2, 0.25) is 0 Å². The molecule has 0 amide bonds. The molecule has 0 aliphatic carbocycles. The van der Waals surface area contributed by atoms with Crippen LogP contribution >= 0.6 is 11.3 Å². The van der Waals surface area contributed by atoms with Crippen molar-refractivity contribution in [1.82, 2.24) is 10.3 Å². The van der Waals surface area contributed by atoms with Gasteiger partial charge in [-0.3, -0.25) is 0 Å². The quantitative estimate of drug-likeness (QED) is 0.911. The van der Waals surface area contributed by atoms with Crippen molar-refractivity contribution >= 4 is 11.3 Å². The SMILES string of the molecule is Cc1cnc(C(C)NC(C)c2cc(F)ccc2F)s1. The van der Waals surface area contributed by atoms with Gasteiger partial charge < -0.3 is 5.32 Å². The average Bonchev–Trinajstić information content (AvgIpc) is 2.79. The third kappa shape index (κ3) is 3.36. The molecule has 0 spiro atoms. The van der Waals surface area contributed by atoms with Gasteiger partial charge in [-0.15, -0.1) is 11.3 Å². The lowest BCUT2D eigenvalue weighted by Crippen LogP contribution is -2.23. The van der Waals surface area contributed by atoms with E-state index < -0.39 is 11.6 Å². The number of nitrogens with one attached hydrogen (secondary N) is 1. The fourth-order valence-corrected chi connectivity index (χ4v) is 2.74. The van der Waals surface area contributed by atoms with E-state index in [0.717, 1.165) is 22.0 Å². The molecule has 2 unspecified atom stereocenters. The molecule has 2 rings (SSSR count). The van der Waals surface area contributed by atoms with Crippen LogP contribution in [0.4, 0.5) is 8.78 Å². The van der Waals surface area contributed by atoms with Crippen molar-refractivity contribution in [2.24, 2.45) is 0 Å². The summed E-state index contributed by atoms with van der Waals surface area (Å²) in [7, 11) is 0. The summed E-state index contributed by atoms with van der Waals surface area (Å²) >= 11 is 1.60. The molecule has 1 N–H and O–H groups in total. The highest BCUT2D eigenvalue weighted by atomic mass is 32.1. The third-order valence-electron chi connectivity index (χ3n) is 2.93. The van der Waals surface area contributed by atoms with E-state index in [-0.39, 0.29) is 12.1 Å². The molecule has 1 heterocycles. The number of thiazole rings is 1. The summed E-state index contributed by atoms with van der Waals surface area (Å²) in [6, 6.07) is 3.22. The van der Waals surface area contributed by atoms with E-state index in [9.17, 15) is 8.78 Å². The average molecular weight is 282 g/mol. The van der Waals surface area contributed by atoms with E-state index in [1.165, 1.54) is 6.07 Å². The Bertz CT molecular complexity index is 568. The predicted molar refractivity (Wildman–Crippen MR) is 73.2 cm³/mol. The number of hydrogen-bond acceptors (Lipinski definition) is 3. The number of hydrogen-bond donors (Lipinski definition) is 1. The number of rotatable bonds is 4. The number of halogens is 2. The fraction of sp³-hybridized carbons (Fsp3) is 0.357. The zero-order chi connectivity index (χ0) is 14.0. The van der Waals surface area contributed by atoms with E-state index in [4.69, 9.17) is 0 Å². The molecular weight excluding hydrogens is 266 g/mol. The van der Waals surface area contributed by atoms with Crippen molar-refractivity contribution in [3.05, 3.63) is 51.5 Å². The molecule has 2 aromatic rings. The van der Waals surface area contributed by atoms with Crippen molar-refractivity contribution in [1.29, 1.82) is 0 Å². The van der Waals surface area contributed by atoms with Crippen LogP contribution in [0.1, 0.15) is 41.4 Å². The Balaban J connectivity index is 2.12. The van der Waals surface area contributed by atoms with Gasteiger partial charge in [0.05, 0.1) is 6.04 Å². The Labute approximate surface area is 115 Å². The molecule has 0 radical (unpaired) electrons. The summed E-state index contributed by atoms with van der Waals surface area (Å²) in [5.41, 5.74) is 0.333. The maximum absolute atomic E-state index is 13.7. The second-order valence-corrected chi connectivity index (χ2v) is 5.85. The summed E-state index contributed by atoms with van der Waals surface area (Å²) in [5.74, 6) is -0.827. The van der Waals surface area contributed by atoms with Crippen LogP contribution in [0.5, 0.6) is 0 Å². The minimum Gasteiger partial charge on any atom is -0.301 e. The minimum absolute atomic E-state index is 0.00336. The molecule has 5 heteroatoms. The molecule has 0 saturated heterocycles. The second kappa shape index (κ2) is 5.75. The van der Waals surface area contributed by atoms with Gasteiger partial charge in [0.25, 0.3) is 0 Å². The van der Waals surface area contributed by atoms with E-state index >= 15 is 0 Å². The Morgan fingerprint density at radius 1 is 1.21 bits per heavy atom. The lowest BCUT2D eigenvalue weighted by atomic mass is 10.1. The van der Waals surface area contributed by atoms with Crippen LogP contribution in [0.3, 0.4) is 0 Å². The van der Waals surface area contributed by atoms with Crippen molar-refractivity contribution in [2.45, 2.75) is 32.9 Å². The van der Waals surface area contributed by atoms with Gasteiger partial charge in [-0.05, 0) is 39.0 Å². The van der Waals surface area contributed by atoms with Crippen molar-refractivity contribution < 1.29 is 8.78 Å². The summed E-state index contributed by atoms with van der Waals surface area (Å²) in [6.07, 6.45) is 1.81. The first-order chi connectivity index (χ1) is 8.97. The van der Waals surface area contributed by atoms with Crippen LogP contribution in [0, 0.1) is 18.6 Å². The van der Waals surface area contributed by atoms with Gasteiger partial charge >= 0.3 is 0 Å². The molecule has 0 aliphatic heterocycles.